The summed E-state index contributed by atoms with van der Waals surface area (Å²) >= 11 is 0. The van der Waals surface area contributed by atoms with Gasteiger partial charge in [0.15, 0.2) is 0 Å². The number of hydrogen-bond acceptors (Lipinski definition) is 3. The fraction of sp³-hybridized carbons (Fsp3) is 0.0714. The monoisotopic (exact) mass is 240 g/mol. The van der Waals surface area contributed by atoms with Crippen molar-refractivity contribution in [3.05, 3.63) is 66.2 Å². The van der Waals surface area contributed by atoms with Crippen molar-refractivity contribution < 1.29 is 9.53 Å². The molecule has 0 saturated carbocycles. The first-order valence-corrected chi connectivity index (χ1v) is 5.52. The summed E-state index contributed by atoms with van der Waals surface area (Å²) in [6.45, 7) is 0.202. The third kappa shape index (κ3) is 3.83. The summed E-state index contributed by atoms with van der Waals surface area (Å²) in [4.78, 5) is 11.3. The zero-order valence-corrected chi connectivity index (χ0v) is 9.69. The number of benzene rings is 2. The molecule has 0 spiro atoms. The fourth-order valence-corrected chi connectivity index (χ4v) is 1.34. The predicted molar refractivity (Wildman–Crippen MR) is 67.6 cm³/mol. The standard InChI is InChI=1S/C14H12N2O2/c17-14(16-15-13-9-5-2-6-10-13)18-11-12-7-3-1-4-8-12/h1-10H,11H2/b16-15+. The Morgan fingerprint density at radius 3 is 2.22 bits per heavy atom. The molecule has 0 N–H and O–H groups in total. The van der Waals surface area contributed by atoms with Crippen molar-refractivity contribution in [1.29, 1.82) is 0 Å². The number of carbonyl (C=O) groups excluding carboxylic acids is 1. The molecule has 1 amide bonds. The van der Waals surface area contributed by atoms with Crippen LogP contribution in [0.3, 0.4) is 0 Å². The molecule has 0 aliphatic heterocycles. The van der Waals surface area contributed by atoms with E-state index >= 15 is 0 Å². The van der Waals surface area contributed by atoms with Crippen LogP contribution in [0.15, 0.2) is 70.9 Å². The van der Waals surface area contributed by atoms with Crippen molar-refractivity contribution in [2.45, 2.75) is 6.61 Å². The SMILES string of the molecule is O=C(/N=N/c1ccccc1)OCc1ccccc1. The van der Waals surface area contributed by atoms with E-state index in [1.165, 1.54) is 0 Å². The maximum Gasteiger partial charge on any atom is 0.452 e. The van der Waals surface area contributed by atoms with E-state index in [4.69, 9.17) is 4.74 Å². The summed E-state index contributed by atoms with van der Waals surface area (Å²) in [7, 11) is 0. The highest BCUT2D eigenvalue weighted by Gasteiger charge is 2.00. The molecule has 0 unspecified atom stereocenters. The zero-order chi connectivity index (χ0) is 12.6. The molecule has 90 valence electrons. The number of azo groups is 1. The molecule has 0 saturated heterocycles. The average Bonchev–Trinajstić information content (AvgIpc) is 2.45. The molecule has 2 aromatic rings. The maximum atomic E-state index is 11.3. The number of ether oxygens (including phenoxy) is 1. The quantitative estimate of drug-likeness (QED) is 0.758. The maximum absolute atomic E-state index is 11.3. The number of carbonyl (C=O) groups is 1. The Morgan fingerprint density at radius 1 is 0.944 bits per heavy atom. The molecule has 0 fully saturated rings. The van der Waals surface area contributed by atoms with Crippen LogP contribution in [0, 0.1) is 0 Å². The van der Waals surface area contributed by atoms with Gasteiger partial charge in [-0.15, -0.1) is 5.11 Å². The summed E-state index contributed by atoms with van der Waals surface area (Å²) < 4.78 is 4.95. The molecule has 0 aromatic heterocycles. The average molecular weight is 240 g/mol. The topological polar surface area (TPSA) is 51.0 Å². The lowest BCUT2D eigenvalue weighted by atomic mass is 10.2. The second kappa shape index (κ2) is 6.30. The van der Waals surface area contributed by atoms with Gasteiger partial charge in [0.1, 0.15) is 6.61 Å². The van der Waals surface area contributed by atoms with Crippen molar-refractivity contribution in [3.8, 4) is 0 Å². The molecule has 0 atom stereocenters. The third-order valence-corrected chi connectivity index (χ3v) is 2.21. The molecule has 2 aromatic carbocycles. The highest BCUT2D eigenvalue weighted by molar-refractivity contribution is 5.67. The van der Waals surface area contributed by atoms with Crippen molar-refractivity contribution in [3.63, 3.8) is 0 Å². The zero-order valence-electron chi connectivity index (χ0n) is 9.69. The lowest BCUT2D eigenvalue weighted by molar-refractivity contribution is 0.149. The molecule has 0 aliphatic carbocycles. The number of rotatable bonds is 3. The lowest BCUT2D eigenvalue weighted by Gasteiger charge is -2.00. The van der Waals surface area contributed by atoms with Crippen LogP contribution < -0.4 is 0 Å². The first kappa shape index (κ1) is 12.0. The van der Waals surface area contributed by atoms with Crippen LogP contribution in [0.1, 0.15) is 5.56 Å². The van der Waals surface area contributed by atoms with Gasteiger partial charge in [0.05, 0.1) is 5.69 Å². The smallest absolute Gasteiger partial charge is 0.442 e. The molecule has 0 heterocycles. The van der Waals surface area contributed by atoms with Gasteiger partial charge in [0, 0.05) is 0 Å². The molecule has 0 bridgehead atoms. The van der Waals surface area contributed by atoms with Crippen molar-refractivity contribution in [2.75, 3.05) is 0 Å². The van der Waals surface area contributed by atoms with E-state index in [1.807, 2.05) is 48.5 Å². The molecular weight excluding hydrogens is 228 g/mol. The van der Waals surface area contributed by atoms with Gasteiger partial charge in [-0.3, -0.25) is 0 Å². The Bertz CT molecular complexity index is 524. The van der Waals surface area contributed by atoms with Crippen LogP contribution in [0.5, 0.6) is 0 Å². The van der Waals surface area contributed by atoms with E-state index < -0.39 is 6.09 Å². The largest absolute Gasteiger partial charge is 0.452 e. The lowest BCUT2D eigenvalue weighted by Crippen LogP contribution is -1.97. The van der Waals surface area contributed by atoms with Gasteiger partial charge in [-0.25, -0.2) is 4.79 Å². The van der Waals surface area contributed by atoms with Crippen molar-refractivity contribution >= 4 is 11.8 Å². The number of hydrogen-bond donors (Lipinski definition) is 0. The minimum Gasteiger partial charge on any atom is -0.442 e. The van der Waals surface area contributed by atoms with Gasteiger partial charge in [0.25, 0.3) is 0 Å². The molecule has 0 radical (unpaired) electrons. The van der Waals surface area contributed by atoms with Gasteiger partial charge in [-0.2, -0.15) is 0 Å². The van der Waals surface area contributed by atoms with E-state index in [0.717, 1.165) is 5.56 Å². The highest BCUT2D eigenvalue weighted by atomic mass is 16.5. The van der Waals surface area contributed by atoms with Crippen LogP contribution in [0.4, 0.5) is 10.5 Å². The Morgan fingerprint density at radius 2 is 1.56 bits per heavy atom. The molecule has 0 aliphatic rings. The Kier molecular flexibility index (Phi) is 4.19. The van der Waals surface area contributed by atoms with Crippen molar-refractivity contribution in [1.82, 2.24) is 0 Å². The van der Waals surface area contributed by atoms with E-state index in [9.17, 15) is 4.79 Å². The van der Waals surface area contributed by atoms with E-state index in [2.05, 4.69) is 10.2 Å². The van der Waals surface area contributed by atoms with E-state index in [1.54, 1.807) is 12.1 Å². The minimum atomic E-state index is -0.692. The van der Waals surface area contributed by atoms with E-state index in [0.29, 0.717) is 5.69 Å². The van der Waals surface area contributed by atoms with Gasteiger partial charge in [-0.05, 0) is 17.7 Å². The molecule has 4 nitrogen and oxygen atoms in total. The second-order valence-electron chi connectivity index (χ2n) is 3.58. The predicted octanol–water partition coefficient (Wildman–Crippen LogP) is 4.11. The summed E-state index contributed by atoms with van der Waals surface area (Å²) in [6.07, 6.45) is -0.692. The van der Waals surface area contributed by atoms with Crippen LogP contribution in [-0.2, 0) is 11.3 Å². The number of nitrogens with zero attached hydrogens (tertiary/aromatic N) is 2. The highest BCUT2D eigenvalue weighted by Crippen LogP contribution is 2.10. The summed E-state index contributed by atoms with van der Waals surface area (Å²) in [5, 5.41) is 7.24. The number of amides is 1. The summed E-state index contributed by atoms with van der Waals surface area (Å²) in [5.74, 6) is 0. The third-order valence-electron chi connectivity index (χ3n) is 2.21. The normalized spacial score (nSPS) is 10.4. The summed E-state index contributed by atoms with van der Waals surface area (Å²) in [5.41, 5.74) is 1.54. The Labute approximate surface area is 105 Å². The van der Waals surface area contributed by atoms with Crippen LogP contribution in [-0.4, -0.2) is 6.09 Å². The summed E-state index contributed by atoms with van der Waals surface area (Å²) in [6, 6.07) is 18.5. The van der Waals surface area contributed by atoms with Gasteiger partial charge in [-0.1, -0.05) is 53.6 Å². The second-order valence-corrected chi connectivity index (χ2v) is 3.58. The molecule has 2 rings (SSSR count). The molecule has 18 heavy (non-hydrogen) atoms. The first-order chi connectivity index (χ1) is 8.84. The van der Waals surface area contributed by atoms with Gasteiger partial charge >= 0.3 is 6.09 Å². The Balaban J connectivity index is 1.84. The first-order valence-electron chi connectivity index (χ1n) is 5.52. The molecular formula is C14H12N2O2. The van der Waals surface area contributed by atoms with Gasteiger partial charge < -0.3 is 4.74 Å². The van der Waals surface area contributed by atoms with Gasteiger partial charge in [0.2, 0.25) is 0 Å². The Hall–Kier alpha value is -2.49. The van der Waals surface area contributed by atoms with Crippen LogP contribution in [0.25, 0.3) is 0 Å². The van der Waals surface area contributed by atoms with Crippen molar-refractivity contribution in [2.24, 2.45) is 10.2 Å². The van der Waals surface area contributed by atoms with Crippen LogP contribution in [0.2, 0.25) is 0 Å². The fourth-order valence-electron chi connectivity index (χ4n) is 1.34. The molecule has 4 heteroatoms. The van der Waals surface area contributed by atoms with Crippen LogP contribution >= 0.6 is 0 Å². The minimum absolute atomic E-state index is 0.202. The van der Waals surface area contributed by atoms with E-state index in [-0.39, 0.29) is 6.61 Å².